The van der Waals surface area contributed by atoms with E-state index in [1.807, 2.05) is 50.2 Å². The molecule has 0 saturated carbocycles. The average molecular weight is 309 g/mol. The van der Waals surface area contributed by atoms with Crippen LogP contribution in [-0.2, 0) is 6.42 Å². The van der Waals surface area contributed by atoms with Gasteiger partial charge in [0.05, 0.1) is 5.92 Å². The summed E-state index contributed by atoms with van der Waals surface area (Å²) < 4.78 is 5.52. The lowest BCUT2D eigenvalue weighted by Gasteiger charge is -2.24. The largest absolute Gasteiger partial charge is 0.420 e. The Kier molecular flexibility index (Phi) is 3.70. The Morgan fingerprint density at radius 2 is 2.04 bits per heavy atom. The molecule has 2 heterocycles. The monoisotopic (exact) mass is 309 g/mol. The molecule has 118 valence electrons. The summed E-state index contributed by atoms with van der Waals surface area (Å²) in [5.74, 6) is 0.324. The third-order valence-corrected chi connectivity index (χ3v) is 4.11. The third kappa shape index (κ3) is 2.40. The maximum Gasteiger partial charge on any atom is 0.244 e. The van der Waals surface area contributed by atoms with Gasteiger partial charge in [0, 0.05) is 31.0 Å². The van der Waals surface area contributed by atoms with E-state index in [0.29, 0.717) is 11.5 Å². The molecule has 6 nitrogen and oxygen atoms in total. The highest BCUT2D eigenvalue weighted by atomic mass is 16.5. The van der Waals surface area contributed by atoms with Crippen LogP contribution in [0.2, 0.25) is 0 Å². The van der Waals surface area contributed by atoms with Crippen LogP contribution in [0.5, 0.6) is 5.88 Å². The number of ether oxygens (including phenoxy) is 1. The highest BCUT2D eigenvalue weighted by Gasteiger charge is 2.34. The summed E-state index contributed by atoms with van der Waals surface area (Å²) in [6.07, 6.45) is 0.774. The lowest BCUT2D eigenvalue weighted by molar-refractivity contribution is 0.378. The molecule has 2 aromatic rings. The minimum Gasteiger partial charge on any atom is -0.420 e. The van der Waals surface area contributed by atoms with E-state index in [-0.39, 0.29) is 11.8 Å². The first kappa shape index (κ1) is 15.0. The van der Waals surface area contributed by atoms with Gasteiger partial charge in [0.25, 0.3) is 0 Å². The Bertz CT molecular complexity index is 795. The van der Waals surface area contributed by atoms with Gasteiger partial charge in [0.2, 0.25) is 11.8 Å². The zero-order chi connectivity index (χ0) is 16.6. The molecule has 0 radical (unpaired) electrons. The van der Waals surface area contributed by atoms with Crippen molar-refractivity contribution < 1.29 is 4.74 Å². The van der Waals surface area contributed by atoms with Crippen molar-refractivity contribution in [3.8, 4) is 11.9 Å². The Labute approximate surface area is 135 Å². The van der Waals surface area contributed by atoms with Gasteiger partial charge in [-0.3, -0.25) is 5.10 Å². The number of nitriles is 1. The number of allylic oxidation sites excluding steroid dienone is 1. The number of nitrogens with two attached hydrogens (primary N) is 1. The molecule has 1 unspecified atom stereocenters. The van der Waals surface area contributed by atoms with Crippen LogP contribution >= 0.6 is 0 Å². The number of aryl methyl sites for hydroxylation is 1. The van der Waals surface area contributed by atoms with E-state index in [0.717, 1.165) is 28.9 Å². The second-order valence-electron chi connectivity index (χ2n) is 5.69. The van der Waals surface area contributed by atoms with E-state index in [1.165, 1.54) is 0 Å². The molecule has 1 aromatic heterocycles. The first-order valence-electron chi connectivity index (χ1n) is 7.48. The van der Waals surface area contributed by atoms with Crippen molar-refractivity contribution in [2.24, 2.45) is 5.73 Å². The topological polar surface area (TPSA) is 91.0 Å². The van der Waals surface area contributed by atoms with Crippen molar-refractivity contribution >= 4 is 5.69 Å². The molecule has 1 aliphatic heterocycles. The second-order valence-corrected chi connectivity index (χ2v) is 5.69. The van der Waals surface area contributed by atoms with E-state index < -0.39 is 0 Å². The Morgan fingerprint density at radius 3 is 2.61 bits per heavy atom. The van der Waals surface area contributed by atoms with Gasteiger partial charge in [0.15, 0.2) is 0 Å². The smallest absolute Gasteiger partial charge is 0.244 e. The zero-order valence-corrected chi connectivity index (χ0v) is 13.4. The number of hydrogen-bond acceptors (Lipinski definition) is 5. The van der Waals surface area contributed by atoms with Gasteiger partial charge >= 0.3 is 0 Å². The first-order valence-corrected chi connectivity index (χ1v) is 7.48. The number of fused-ring (bicyclic) bond motifs is 1. The summed E-state index contributed by atoms with van der Waals surface area (Å²) in [6.45, 7) is 2.04. The minimum absolute atomic E-state index is 0.121. The number of aromatic nitrogens is 2. The molecular formula is C17H19N5O. The van der Waals surface area contributed by atoms with Gasteiger partial charge in [-0.1, -0.05) is 19.1 Å². The Balaban J connectivity index is 2.15. The average Bonchev–Trinajstić information content (AvgIpc) is 2.96. The van der Waals surface area contributed by atoms with Crippen molar-refractivity contribution in [3.05, 3.63) is 52.5 Å². The van der Waals surface area contributed by atoms with Crippen molar-refractivity contribution in [2.45, 2.75) is 19.3 Å². The highest BCUT2D eigenvalue weighted by Crippen LogP contribution is 2.43. The van der Waals surface area contributed by atoms with Gasteiger partial charge in [-0.15, -0.1) is 5.10 Å². The van der Waals surface area contributed by atoms with Crippen molar-refractivity contribution in [1.29, 1.82) is 5.26 Å². The first-order chi connectivity index (χ1) is 11.1. The summed E-state index contributed by atoms with van der Waals surface area (Å²) in [7, 11) is 3.98. The molecule has 0 amide bonds. The summed E-state index contributed by atoms with van der Waals surface area (Å²) >= 11 is 0. The number of hydrogen-bond donors (Lipinski definition) is 2. The quantitative estimate of drug-likeness (QED) is 0.907. The number of benzene rings is 1. The van der Waals surface area contributed by atoms with Crippen LogP contribution in [-0.4, -0.2) is 24.3 Å². The fourth-order valence-corrected chi connectivity index (χ4v) is 2.88. The van der Waals surface area contributed by atoms with Gasteiger partial charge < -0.3 is 15.4 Å². The van der Waals surface area contributed by atoms with Gasteiger partial charge in [-0.25, -0.2) is 0 Å². The summed E-state index contributed by atoms with van der Waals surface area (Å²) in [5, 5.41) is 16.7. The van der Waals surface area contributed by atoms with Gasteiger partial charge in [0.1, 0.15) is 11.6 Å². The number of aromatic amines is 1. The maximum atomic E-state index is 9.56. The molecule has 1 aliphatic rings. The molecule has 6 heteroatoms. The Morgan fingerprint density at radius 1 is 1.35 bits per heavy atom. The number of nitrogens with zero attached hydrogens (tertiary/aromatic N) is 3. The van der Waals surface area contributed by atoms with E-state index >= 15 is 0 Å². The maximum absolute atomic E-state index is 9.56. The Hall–Kier alpha value is -2.94. The van der Waals surface area contributed by atoms with Crippen LogP contribution in [0.25, 0.3) is 0 Å². The van der Waals surface area contributed by atoms with Crippen molar-refractivity contribution in [2.75, 3.05) is 19.0 Å². The van der Waals surface area contributed by atoms with Crippen molar-refractivity contribution in [3.63, 3.8) is 0 Å². The number of H-pyrrole nitrogens is 1. The molecule has 1 aromatic carbocycles. The number of anilines is 1. The molecule has 1 atom stereocenters. The lowest BCUT2D eigenvalue weighted by atomic mass is 9.83. The normalized spacial score (nSPS) is 16.5. The minimum atomic E-state index is -0.256. The molecule has 0 aliphatic carbocycles. The molecule has 3 rings (SSSR count). The molecule has 0 spiro atoms. The van der Waals surface area contributed by atoms with Gasteiger partial charge in [-0.05, 0) is 24.1 Å². The molecule has 0 saturated heterocycles. The summed E-state index contributed by atoms with van der Waals surface area (Å²) in [5.41, 5.74) is 10.3. The number of nitrogens with one attached hydrogen (secondary N) is 1. The van der Waals surface area contributed by atoms with E-state index in [1.54, 1.807) is 0 Å². The van der Waals surface area contributed by atoms with Crippen LogP contribution < -0.4 is 15.4 Å². The lowest BCUT2D eigenvalue weighted by Crippen LogP contribution is -2.21. The zero-order valence-electron chi connectivity index (χ0n) is 13.4. The van der Waals surface area contributed by atoms with Crippen LogP contribution in [0.1, 0.15) is 29.7 Å². The molecule has 0 bridgehead atoms. The van der Waals surface area contributed by atoms with Crippen LogP contribution in [0.4, 0.5) is 5.69 Å². The fourth-order valence-electron chi connectivity index (χ4n) is 2.88. The van der Waals surface area contributed by atoms with Gasteiger partial charge in [-0.2, -0.15) is 5.26 Å². The molecule has 23 heavy (non-hydrogen) atoms. The number of rotatable bonds is 3. The van der Waals surface area contributed by atoms with E-state index in [4.69, 9.17) is 10.5 Å². The molecule has 0 fully saturated rings. The van der Waals surface area contributed by atoms with Crippen molar-refractivity contribution in [1.82, 2.24) is 10.2 Å². The van der Waals surface area contributed by atoms with Crippen LogP contribution in [0.15, 0.2) is 35.7 Å². The summed E-state index contributed by atoms with van der Waals surface area (Å²) in [6, 6.07) is 10.3. The highest BCUT2D eigenvalue weighted by molar-refractivity contribution is 5.57. The predicted octanol–water partition coefficient (Wildman–Crippen LogP) is 2.26. The SMILES string of the molecule is CCc1[nH]nc2c1C(c1ccc(N(C)C)cc1)C(C#N)=C(N)O2. The molecular weight excluding hydrogens is 290 g/mol. The van der Waals surface area contributed by atoms with Crippen LogP contribution in [0, 0.1) is 11.3 Å². The van der Waals surface area contributed by atoms with E-state index in [2.05, 4.69) is 16.3 Å². The fraction of sp³-hybridized carbons (Fsp3) is 0.294. The third-order valence-electron chi connectivity index (χ3n) is 4.11. The molecule has 3 N–H and O–H groups in total. The van der Waals surface area contributed by atoms with Crippen LogP contribution in [0.3, 0.4) is 0 Å². The predicted molar refractivity (Wildman–Crippen MR) is 88.0 cm³/mol. The summed E-state index contributed by atoms with van der Waals surface area (Å²) in [4.78, 5) is 2.03. The second kappa shape index (κ2) is 5.69. The standard InChI is InChI=1S/C17H19N5O/c1-4-13-15-14(10-5-7-11(8-6-10)22(2)3)12(9-18)16(19)23-17(15)21-20-13/h5-8,14H,4,19H2,1-3H3,(H,20,21). The van der Waals surface area contributed by atoms with E-state index in [9.17, 15) is 5.26 Å².